The van der Waals surface area contributed by atoms with E-state index in [1.807, 2.05) is 6.33 Å². The fourth-order valence-electron chi connectivity index (χ4n) is 6.43. The second-order valence-corrected chi connectivity index (χ2v) is 12.1. The van der Waals surface area contributed by atoms with Crippen LogP contribution in [0, 0.1) is 0 Å². The van der Waals surface area contributed by atoms with Crippen molar-refractivity contribution in [3.05, 3.63) is 83.9 Å². The normalized spacial score (nSPS) is 20.0. The van der Waals surface area contributed by atoms with Crippen LogP contribution in [-0.4, -0.2) is 76.0 Å². The number of benzene rings is 2. The van der Waals surface area contributed by atoms with E-state index in [0.717, 1.165) is 61.6 Å². The number of ether oxygens (including phenoxy) is 2. The molecule has 43 heavy (non-hydrogen) atoms. The second-order valence-electron chi connectivity index (χ2n) is 12.1. The number of fused-ring (bicyclic) bond motifs is 1. The van der Waals surface area contributed by atoms with Crippen molar-refractivity contribution < 1.29 is 9.47 Å². The third-order valence-electron chi connectivity index (χ3n) is 8.90. The van der Waals surface area contributed by atoms with Crippen LogP contribution in [0.5, 0.6) is 0 Å². The molecule has 0 aliphatic carbocycles. The molecule has 2 aromatic carbocycles. The largest absolute Gasteiger partial charge is 0.382 e. The van der Waals surface area contributed by atoms with Crippen molar-refractivity contribution >= 4 is 17.0 Å². The number of imidazole rings is 1. The van der Waals surface area contributed by atoms with Gasteiger partial charge in [0, 0.05) is 31.7 Å². The lowest BCUT2D eigenvalue weighted by atomic mass is 9.91. The van der Waals surface area contributed by atoms with Gasteiger partial charge in [0.1, 0.15) is 12.1 Å². The lowest BCUT2D eigenvalue weighted by Crippen LogP contribution is -2.44. The Labute approximate surface area is 255 Å². The van der Waals surface area contributed by atoms with Crippen molar-refractivity contribution in [2.45, 2.75) is 76.4 Å². The minimum absolute atomic E-state index is 0.0854. The zero-order chi connectivity index (χ0) is 29.6. The summed E-state index contributed by atoms with van der Waals surface area (Å²) < 4.78 is 13.8. The molecule has 4 aromatic rings. The molecule has 0 radical (unpaired) electrons. The number of nitrogens with one attached hydrogen (secondary N) is 2. The number of piperidine rings is 1. The van der Waals surface area contributed by atoms with Crippen LogP contribution >= 0.6 is 0 Å². The number of likely N-dealkylation sites (tertiary alicyclic amines) is 1. The van der Waals surface area contributed by atoms with E-state index in [2.05, 4.69) is 94.6 Å². The van der Waals surface area contributed by atoms with Crippen molar-refractivity contribution in [2.24, 2.45) is 0 Å². The Morgan fingerprint density at radius 2 is 1.63 bits per heavy atom. The molecule has 9 heteroatoms. The lowest BCUT2D eigenvalue weighted by molar-refractivity contribution is -0.0300. The van der Waals surface area contributed by atoms with Crippen LogP contribution in [0.3, 0.4) is 0 Å². The monoisotopic (exact) mass is 583 g/mol. The predicted molar refractivity (Wildman–Crippen MR) is 170 cm³/mol. The van der Waals surface area contributed by atoms with E-state index < -0.39 is 0 Å². The Morgan fingerprint density at radius 3 is 2.28 bits per heavy atom. The zero-order valence-corrected chi connectivity index (χ0v) is 25.7. The predicted octanol–water partition coefficient (Wildman–Crippen LogP) is 5.36. The van der Waals surface area contributed by atoms with Crippen LogP contribution < -0.4 is 10.6 Å². The number of rotatable bonds is 12. The Kier molecular flexibility index (Phi) is 9.63. The summed E-state index contributed by atoms with van der Waals surface area (Å²) in [5.74, 6) is 1.69. The van der Waals surface area contributed by atoms with Crippen LogP contribution in [0.2, 0.25) is 0 Å². The Balaban J connectivity index is 1.26. The van der Waals surface area contributed by atoms with Gasteiger partial charge in [-0.1, -0.05) is 60.7 Å². The Bertz CT molecular complexity index is 1400. The van der Waals surface area contributed by atoms with Gasteiger partial charge in [-0.3, -0.25) is 4.57 Å². The van der Waals surface area contributed by atoms with E-state index in [1.165, 1.54) is 11.1 Å². The third kappa shape index (κ3) is 7.07. The molecule has 2 unspecified atom stereocenters. The third-order valence-corrected chi connectivity index (χ3v) is 8.90. The summed E-state index contributed by atoms with van der Waals surface area (Å²) in [7, 11) is 1.72. The molecule has 0 saturated carbocycles. The molecule has 2 atom stereocenters. The first-order valence-corrected chi connectivity index (χ1v) is 15.8. The highest BCUT2D eigenvalue weighted by Gasteiger charge is 2.29. The fraction of sp³-hybridized carbons (Fsp3) is 0.500. The van der Waals surface area contributed by atoms with Gasteiger partial charge in [0.05, 0.1) is 25.6 Å². The summed E-state index contributed by atoms with van der Waals surface area (Å²) >= 11 is 0. The van der Waals surface area contributed by atoms with Gasteiger partial charge >= 0.3 is 0 Å². The molecule has 2 aliphatic heterocycles. The SMILES string of the molecule is COCC1CCC(n2cnc3c(NCC(c4ccccc4)c4ccccc4)nc(CNC4CCN(C(C)C)CC4)nc32)O1. The average molecular weight is 584 g/mol. The minimum Gasteiger partial charge on any atom is -0.382 e. The molecule has 0 bridgehead atoms. The van der Waals surface area contributed by atoms with Crippen molar-refractivity contribution in [1.82, 2.24) is 29.7 Å². The number of hydrogen-bond donors (Lipinski definition) is 2. The molecule has 0 amide bonds. The first kappa shape index (κ1) is 29.7. The summed E-state index contributed by atoms with van der Waals surface area (Å²) in [6.45, 7) is 8.69. The van der Waals surface area contributed by atoms with Crippen LogP contribution in [0.15, 0.2) is 67.0 Å². The Hall–Kier alpha value is -3.37. The van der Waals surface area contributed by atoms with Crippen molar-refractivity contribution in [3.63, 3.8) is 0 Å². The summed E-state index contributed by atoms with van der Waals surface area (Å²) in [4.78, 5) is 17.5. The van der Waals surface area contributed by atoms with Crippen LogP contribution in [0.4, 0.5) is 5.82 Å². The van der Waals surface area contributed by atoms with Gasteiger partial charge in [-0.05, 0) is 63.7 Å². The average Bonchev–Trinajstić information content (AvgIpc) is 3.69. The minimum atomic E-state index is -0.115. The number of anilines is 1. The van der Waals surface area contributed by atoms with Crippen LogP contribution in [-0.2, 0) is 16.0 Å². The Morgan fingerprint density at radius 1 is 0.930 bits per heavy atom. The molecule has 0 spiro atoms. The molecular weight excluding hydrogens is 538 g/mol. The smallest absolute Gasteiger partial charge is 0.167 e. The van der Waals surface area contributed by atoms with Crippen molar-refractivity contribution in [2.75, 3.05) is 38.7 Å². The fourth-order valence-corrected chi connectivity index (χ4v) is 6.43. The maximum absolute atomic E-state index is 6.33. The van der Waals surface area contributed by atoms with Gasteiger partial charge in [0.15, 0.2) is 17.0 Å². The quantitative estimate of drug-likeness (QED) is 0.231. The van der Waals surface area contributed by atoms with Gasteiger partial charge in [-0.15, -0.1) is 0 Å². The van der Waals surface area contributed by atoms with Crippen molar-refractivity contribution in [3.8, 4) is 0 Å². The van der Waals surface area contributed by atoms with E-state index in [1.54, 1.807) is 7.11 Å². The highest BCUT2D eigenvalue weighted by molar-refractivity contribution is 5.83. The highest BCUT2D eigenvalue weighted by atomic mass is 16.5. The second kappa shape index (κ2) is 13.9. The first-order chi connectivity index (χ1) is 21.1. The number of aromatic nitrogens is 4. The van der Waals surface area contributed by atoms with Crippen LogP contribution in [0.25, 0.3) is 11.2 Å². The van der Waals surface area contributed by atoms with E-state index >= 15 is 0 Å². The number of methoxy groups -OCH3 is 1. The maximum Gasteiger partial charge on any atom is 0.167 e. The van der Waals surface area contributed by atoms with Gasteiger partial charge in [0.25, 0.3) is 0 Å². The molecule has 2 N–H and O–H groups in total. The zero-order valence-electron chi connectivity index (χ0n) is 25.7. The van der Waals surface area contributed by atoms with E-state index in [0.29, 0.717) is 31.8 Å². The van der Waals surface area contributed by atoms with Gasteiger partial charge in [-0.2, -0.15) is 0 Å². The molecular formula is C34H45N7O2. The number of hydrogen-bond acceptors (Lipinski definition) is 8. The molecule has 228 valence electrons. The van der Waals surface area contributed by atoms with Gasteiger partial charge in [-0.25, -0.2) is 15.0 Å². The molecule has 2 fully saturated rings. The van der Waals surface area contributed by atoms with Crippen LogP contribution in [0.1, 0.15) is 68.6 Å². The molecule has 9 nitrogen and oxygen atoms in total. The van der Waals surface area contributed by atoms with Gasteiger partial charge in [0.2, 0.25) is 0 Å². The van der Waals surface area contributed by atoms with E-state index in [-0.39, 0.29) is 18.2 Å². The maximum atomic E-state index is 6.33. The molecule has 2 aliphatic rings. The molecule has 6 rings (SSSR count). The summed E-state index contributed by atoms with van der Waals surface area (Å²) in [6.07, 6.45) is 5.95. The molecule has 4 heterocycles. The molecule has 2 saturated heterocycles. The summed E-state index contributed by atoms with van der Waals surface area (Å²) in [6, 6.07) is 22.4. The van der Waals surface area contributed by atoms with E-state index in [4.69, 9.17) is 24.4 Å². The summed E-state index contributed by atoms with van der Waals surface area (Å²) in [5, 5.41) is 7.45. The van der Waals surface area contributed by atoms with Gasteiger partial charge < -0.3 is 25.0 Å². The lowest BCUT2D eigenvalue weighted by Gasteiger charge is -2.34. The topological polar surface area (TPSA) is 89.4 Å². The highest BCUT2D eigenvalue weighted by Crippen LogP contribution is 2.32. The molecule has 2 aromatic heterocycles. The first-order valence-electron chi connectivity index (χ1n) is 15.8. The van der Waals surface area contributed by atoms with Crippen molar-refractivity contribution in [1.29, 1.82) is 0 Å². The summed E-state index contributed by atoms with van der Waals surface area (Å²) in [5.41, 5.74) is 4.10. The van der Waals surface area contributed by atoms with E-state index in [9.17, 15) is 0 Å². The number of nitrogens with zero attached hydrogens (tertiary/aromatic N) is 5. The standard InChI is InChI=1S/C34H45N7O2/c1-24(2)40-18-16-27(17-19-40)35-21-30-38-33(32-34(39-30)41(23-37-32)31-15-14-28(43-31)22-42-3)36-20-29(25-10-6-4-7-11-25)26-12-8-5-9-13-26/h4-13,23-24,27-29,31,35H,14-22H2,1-3H3,(H,36,38,39).